The molecule has 1 aromatic carbocycles. The summed E-state index contributed by atoms with van der Waals surface area (Å²) in [6, 6.07) is 1.31. The van der Waals surface area contributed by atoms with E-state index in [1.165, 1.54) is 0 Å². The lowest BCUT2D eigenvalue weighted by Crippen LogP contribution is -2.37. The van der Waals surface area contributed by atoms with Gasteiger partial charge in [0.25, 0.3) is 0 Å². The first-order valence-electron chi connectivity index (χ1n) is 5.59. The average molecular weight is 343 g/mol. The highest BCUT2D eigenvalue weighted by molar-refractivity contribution is 9.10. The van der Waals surface area contributed by atoms with E-state index < -0.39 is 23.8 Å². The lowest BCUT2D eigenvalue weighted by Gasteiger charge is -2.34. The highest BCUT2D eigenvalue weighted by atomic mass is 79.9. The normalized spacial score (nSPS) is 18.7. The summed E-state index contributed by atoms with van der Waals surface area (Å²) in [5, 5.41) is 9.94. The molecule has 1 aliphatic carbocycles. The monoisotopic (exact) mass is 341 g/mol. The van der Waals surface area contributed by atoms with Crippen molar-refractivity contribution in [1.29, 1.82) is 0 Å². The van der Waals surface area contributed by atoms with E-state index in [0.717, 1.165) is 31.4 Å². The maximum atomic E-state index is 13.6. The minimum absolute atomic E-state index is 0. The van der Waals surface area contributed by atoms with Crippen LogP contribution >= 0.6 is 28.3 Å². The summed E-state index contributed by atoms with van der Waals surface area (Å²) in [4.78, 5) is 0. The van der Waals surface area contributed by atoms with E-state index >= 15 is 0 Å². The Morgan fingerprint density at radius 1 is 1.28 bits per heavy atom. The van der Waals surface area contributed by atoms with Gasteiger partial charge in [-0.1, -0.05) is 22.4 Å². The zero-order valence-electron chi connectivity index (χ0n) is 9.57. The lowest BCUT2D eigenvalue weighted by molar-refractivity contribution is 0.0395. The van der Waals surface area contributed by atoms with Gasteiger partial charge < -0.3 is 10.8 Å². The van der Waals surface area contributed by atoms with Crippen molar-refractivity contribution in [2.75, 3.05) is 0 Å². The minimum atomic E-state index is -1.01. The molecule has 102 valence electrons. The van der Waals surface area contributed by atoms with Crippen LogP contribution in [0.3, 0.4) is 0 Å². The van der Waals surface area contributed by atoms with E-state index in [-0.39, 0.29) is 23.9 Å². The van der Waals surface area contributed by atoms with E-state index in [1.807, 2.05) is 0 Å². The van der Waals surface area contributed by atoms with E-state index in [2.05, 4.69) is 15.9 Å². The zero-order valence-corrected chi connectivity index (χ0v) is 12.0. The molecule has 2 nitrogen and oxygen atoms in total. The van der Waals surface area contributed by atoms with Crippen LogP contribution < -0.4 is 5.73 Å². The molecule has 1 aliphatic rings. The molecule has 0 radical (unpaired) electrons. The van der Waals surface area contributed by atoms with Crippen LogP contribution in [0.4, 0.5) is 8.78 Å². The summed E-state index contributed by atoms with van der Waals surface area (Å²) in [6.07, 6.45) is 1.90. The second-order valence-corrected chi connectivity index (χ2v) is 5.41. The molecule has 2 rings (SSSR count). The van der Waals surface area contributed by atoms with Crippen molar-refractivity contribution in [3.8, 4) is 0 Å². The smallest absolute Gasteiger partial charge is 0.132 e. The largest absolute Gasteiger partial charge is 0.391 e. The van der Waals surface area contributed by atoms with Gasteiger partial charge >= 0.3 is 0 Å². The van der Waals surface area contributed by atoms with Crippen LogP contribution in [0.2, 0.25) is 0 Å². The van der Waals surface area contributed by atoms with Gasteiger partial charge in [0.05, 0.1) is 12.1 Å². The molecule has 0 bridgehead atoms. The van der Waals surface area contributed by atoms with Gasteiger partial charge in [-0.05, 0) is 30.9 Å². The van der Waals surface area contributed by atoms with Crippen molar-refractivity contribution >= 4 is 28.3 Å². The molecule has 0 saturated heterocycles. The first-order chi connectivity index (χ1) is 8.00. The maximum Gasteiger partial charge on any atom is 0.132 e. The predicted molar refractivity (Wildman–Crippen MR) is 71.6 cm³/mol. The number of halogens is 4. The van der Waals surface area contributed by atoms with E-state index in [0.29, 0.717) is 4.47 Å². The fraction of sp³-hybridized carbons (Fsp3) is 0.500. The van der Waals surface area contributed by atoms with Crippen molar-refractivity contribution < 1.29 is 13.9 Å². The summed E-state index contributed by atoms with van der Waals surface area (Å²) < 4.78 is 27.6. The Kier molecular flexibility index (Phi) is 5.52. The van der Waals surface area contributed by atoms with Crippen molar-refractivity contribution in [2.45, 2.75) is 31.4 Å². The van der Waals surface area contributed by atoms with Gasteiger partial charge in [0.1, 0.15) is 11.6 Å². The predicted octanol–water partition coefficient (Wildman–Crippen LogP) is 3.31. The SMILES string of the molecule is Cl.N[C@@H](c1c(F)cc(Br)cc1F)[C@H](O)C1CCC1. The number of nitrogens with two attached hydrogens (primary N) is 1. The summed E-state index contributed by atoms with van der Waals surface area (Å²) in [7, 11) is 0. The quantitative estimate of drug-likeness (QED) is 0.885. The van der Waals surface area contributed by atoms with Crippen LogP contribution in [0.15, 0.2) is 16.6 Å². The highest BCUT2D eigenvalue weighted by Gasteiger charge is 2.33. The summed E-state index contributed by atoms with van der Waals surface area (Å²) >= 11 is 3.00. The molecule has 0 heterocycles. The number of aliphatic hydroxyl groups is 1. The number of benzene rings is 1. The fourth-order valence-corrected chi connectivity index (χ4v) is 2.52. The molecule has 0 unspecified atom stereocenters. The highest BCUT2D eigenvalue weighted by Crippen LogP contribution is 2.36. The van der Waals surface area contributed by atoms with Crippen LogP contribution in [-0.2, 0) is 0 Å². The molecule has 2 atom stereocenters. The summed E-state index contributed by atoms with van der Waals surface area (Å²) in [6.45, 7) is 0. The Labute approximate surface area is 119 Å². The minimum Gasteiger partial charge on any atom is -0.391 e. The molecule has 6 heteroatoms. The standard InChI is InChI=1S/C12H14BrF2NO.ClH/c13-7-4-8(14)10(9(15)5-7)11(16)12(17)6-2-1-3-6;/h4-6,11-12,17H,1-3,16H2;1H/t11-,12+;/m0./s1. The zero-order chi connectivity index (χ0) is 12.6. The van der Waals surface area contributed by atoms with Crippen LogP contribution in [0.1, 0.15) is 30.9 Å². The molecule has 3 N–H and O–H groups in total. The molecule has 1 aromatic rings. The Balaban J connectivity index is 0.00000162. The maximum absolute atomic E-state index is 13.6. The van der Waals surface area contributed by atoms with Crippen molar-refractivity contribution in [3.05, 3.63) is 33.8 Å². The molecule has 0 aliphatic heterocycles. The Bertz CT molecular complexity index is 406. The Morgan fingerprint density at radius 3 is 2.17 bits per heavy atom. The van der Waals surface area contributed by atoms with Gasteiger partial charge in [0.15, 0.2) is 0 Å². The van der Waals surface area contributed by atoms with Gasteiger partial charge in [0, 0.05) is 10.0 Å². The molecule has 0 amide bonds. The number of hydrogen-bond acceptors (Lipinski definition) is 2. The third-order valence-corrected chi connectivity index (χ3v) is 3.84. The first kappa shape index (κ1) is 15.8. The Morgan fingerprint density at radius 2 is 1.78 bits per heavy atom. The first-order valence-corrected chi connectivity index (χ1v) is 6.38. The van der Waals surface area contributed by atoms with E-state index in [9.17, 15) is 13.9 Å². The molecular formula is C12H15BrClF2NO. The molecule has 0 spiro atoms. The van der Waals surface area contributed by atoms with Gasteiger partial charge in [0.2, 0.25) is 0 Å². The van der Waals surface area contributed by atoms with Crippen LogP contribution in [0.5, 0.6) is 0 Å². The topological polar surface area (TPSA) is 46.2 Å². The number of hydrogen-bond donors (Lipinski definition) is 2. The number of aliphatic hydroxyl groups excluding tert-OH is 1. The average Bonchev–Trinajstić information content (AvgIpc) is 2.12. The van der Waals surface area contributed by atoms with Crippen molar-refractivity contribution in [3.63, 3.8) is 0 Å². The van der Waals surface area contributed by atoms with Gasteiger partial charge in [-0.25, -0.2) is 8.78 Å². The third-order valence-electron chi connectivity index (χ3n) is 3.38. The molecule has 1 saturated carbocycles. The van der Waals surface area contributed by atoms with E-state index in [1.54, 1.807) is 0 Å². The molecule has 0 aromatic heterocycles. The summed E-state index contributed by atoms with van der Waals surface area (Å²) in [5.74, 6) is -1.38. The van der Waals surface area contributed by atoms with Crippen molar-refractivity contribution in [2.24, 2.45) is 11.7 Å². The second-order valence-electron chi connectivity index (χ2n) is 4.49. The summed E-state index contributed by atoms with van der Waals surface area (Å²) in [5.41, 5.74) is 5.53. The second kappa shape index (κ2) is 6.28. The number of rotatable bonds is 3. The van der Waals surface area contributed by atoms with Crippen LogP contribution in [-0.4, -0.2) is 11.2 Å². The van der Waals surface area contributed by atoms with Gasteiger partial charge in [-0.15, -0.1) is 12.4 Å². The molecule has 1 fully saturated rings. The van der Waals surface area contributed by atoms with Crippen LogP contribution in [0, 0.1) is 17.6 Å². The van der Waals surface area contributed by atoms with Gasteiger partial charge in [-0.3, -0.25) is 0 Å². The lowest BCUT2D eigenvalue weighted by atomic mass is 9.77. The van der Waals surface area contributed by atoms with Crippen molar-refractivity contribution in [1.82, 2.24) is 0 Å². The van der Waals surface area contributed by atoms with Crippen LogP contribution in [0.25, 0.3) is 0 Å². The molecular weight excluding hydrogens is 327 g/mol. The van der Waals surface area contributed by atoms with E-state index in [4.69, 9.17) is 5.73 Å². The fourth-order valence-electron chi connectivity index (χ4n) is 2.12. The molecule has 18 heavy (non-hydrogen) atoms. The third kappa shape index (κ3) is 3.02. The van der Waals surface area contributed by atoms with Gasteiger partial charge in [-0.2, -0.15) is 0 Å². The Hall–Kier alpha value is -0.230.